The van der Waals surface area contributed by atoms with E-state index in [1.165, 1.54) is 0 Å². The predicted octanol–water partition coefficient (Wildman–Crippen LogP) is 11.1. The number of halogens is 1. The molecule has 0 fully saturated rings. The molecule has 0 aromatic heterocycles. The highest BCUT2D eigenvalue weighted by molar-refractivity contribution is 6.30. The normalized spacial score (nSPS) is 12.4. The minimum Gasteiger partial charge on any atom is -0.457 e. The molecule has 7 rings (SSSR count). The quantitative estimate of drug-likeness (QED) is 0.113. The Morgan fingerprint density at radius 1 is 0.672 bits per heavy atom. The van der Waals surface area contributed by atoms with E-state index in [2.05, 4.69) is 40.2 Å². The Morgan fingerprint density at radius 2 is 1.36 bits per heavy atom. The SMILES string of the molecule is CC(NC(=O)c1ccc(-c2ccccc2)cc1-c1ccc(Cl)cc1Oc1cccc(CNC(=O)OC(C)(C)C)c1)OC(=O)NCC1c2ccccc2-c2ccccc21. The summed E-state index contributed by atoms with van der Waals surface area (Å²) < 4.78 is 17.5. The third-order valence-electron chi connectivity index (χ3n) is 9.60. The molecule has 0 spiro atoms. The molecule has 0 heterocycles. The van der Waals surface area contributed by atoms with Crippen LogP contribution in [0.2, 0.25) is 5.02 Å². The molecule has 0 radical (unpaired) electrons. The molecule has 0 saturated carbocycles. The minimum absolute atomic E-state index is 0.0253. The minimum atomic E-state index is -0.963. The highest BCUT2D eigenvalue weighted by atomic mass is 35.5. The van der Waals surface area contributed by atoms with Crippen LogP contribution in [0.3, 0.4) is 0 Å². The topological polar surface area (TPSA) is 115 Å². The fourth-order valence-corrected chi connectivity index (χ4v) is 7.23. The van der Waals surface area contributed by atoms with Crippen LogP contribution in [0.5, 0.6) is 11.5 Å². The van der Waals surface area contributed by atoms with Gasteiger partial charge < -0.3 is 30.2 Å². The van der Waals surface area contributed by atoms with Crippen molar-refractivity contribution in [1.82, 2.24) is 16.0 Å². The maximum Gasteiger partial charge on any atom is 0.409 e. The van der Waals surface area contributed by atoms with E-state index in [1.54, 1.807) is 58.0 Å². The van der Waals surface area contributed by atoms with E-state index in [4.69, 9.17) is 25.8 Å². The number of fused-ring (bicyclic) bond motifs is 3. The van der Waals surface area contributed by atoms with Gasteiger partial charge in [0.15, 0.2) is 6.23 Å². The number of hydrogen-bond donors (Lipinski definition) is 3. The molecular weight excluding hydrogens is 750 g/mol. The lowest BCUT2D eigenvalue weighted by molar-refractivity contribution is 0.0522. The van der Waals surface area contributed by atoms with Crippen LogP contribution < -0.4 is 20.7 Å². The number of carbonyl (C=O) groups is 3. The van der Waals surface area contributed by atoms with Gasteiger partial charge in [-0.25, -0.2) is 9.59 Å². The molecule has 0 bridgehead atoms. The van der Waals surface area contributed by atoms with E-state index >= 15 is 0 Å². The number of nitrogens with one attached hydrogen (secondary N) is 3. The van der Waals surface area contributed by atoms with E-state index in [1.807, 2.05) is 84.9 Å². The Hall–Kier alpha value is -6.58. The van der Waals surface area contributed by atoms with Gasteiger partial charge >= 0.3 is 12.2 Å². The third-order valence-corrected chi connectivity index (χ3v) is 9.83. The second kappa shape index (κ2) is 17.3. The van der Waals surface area contributed by atoms with Gasteiger partial charge in [0, 0.05) is 41.2 Å². The van der Waals surface area contributed by atoms with Crippen LogP contribution in [-0.4, -0.2) is 36.5 Å². The lowest BCUT2D eigenvalue weighted by atomic mass is 9.93. The zero-order valence-corrected chi connectivity index (χ0v) is 33.4. The van der Waals surface area contributed by atoms with Crippen molar-refractivity contribution in [2.24, 2.45) is 0 Å². The monoisotopic (exact) mass is 793 g/mol. The molecule has 1 atom stereocenters. The lowest BCUT2D eigenvalue weighted by Gasteiger charge is -2.20. The second-order valence-electron chi connectivity index (χ2n) is 15.0. The summed E-state index contributed by atoms with van der Waals surface area (Å²) in [5, 5.41) is 8.96. The van der Waals surface area contributed by atoms with Gasteiger partial charge in [-0.15, -0.1) is 0 Å². The predicted molar refractivity (Wildman–Crippen MR) is 227 cm³/mol. The van der Waals surface area contributed by atoms with Gasteiger partial charge in [0.2, 0.25) is 0 Å². The van der Waals surface area contributed by atoms with Gasteiger partial charge in [-0.2, -0.15) is 0 Å². The number of rotatable bonds is 11. The molecule has 10 heteroatoms. The molecule has 3 amide bonds. The molecule has 3 N–H and O–H groups in total. The highest BCUT2D eigenvalue weighted by Crippen LogP contribution is 2.44. The first-order valence-electron chi connectivity index (χ1n) is 19.1. The Bertz CT molecular complexity index is 2420. The Kier molecular flexibility index (Phi) is 11.8. The van der Waals surface area contributed by atoms with Gasteiger partial charge in [-0.1, -0.05) is 109 Å². The molecule has 0 saturated heterocycles. The van der Waals surface area contributed by atoms with Crippen LogP contribution >= 0.6 is 11.6 Å². The van der Waals surface area contributed by atoms with Crippen LogP contribution in [0, 0.1) is 0 Å². The average Bonchev–Trinajstić information content (AvgIpc) is 3.52. The number of carbonyl (C=O) groups excluding carboxylic acids is 3. The van der Waals surface area contributed by atoms with Crippen molar-refractivity contribution in [2.75, 3.05) is 6.54 Å². The molecule has 58 heavy (non-hydrogen) atoms. The number of hydrogen-bond acceptors (Lipinski definition) is 6. The van der Waals surface area contributed by atoms with Crippen molar-refractivity contribution in [2.45, 2.75) is 52.0 Å². The Balaban J connectivity index is 1.10. The third kappa shape index (κ3) is 9.50. The molecule has 0 aliphatic heterocycles. The van der Waals surface area contributed by atoms with Crippen molar-refractivity contribution < 1.29 is 28.6 Å². The summed E-state index contributed by atoms with van der Waals surface area (Å²) in [6.45, 7) is 7.58. The number of amides is 3. The molecule has 1 unspecified atom stereocenters. The summed E-state index contributed by atoms with van der Waals surface area (Å²) in [5.74, 6) is 0.421. The number of ether oxygens (including phenoxy) is 3. The van der Waals surface area contributed by atoms with E-state index < -0.39 is 29.9 Å². The van der Waals surface area contributed by atoms with Crippen molar-refractivity contribution in [3.8, 4) is 44.9 Å². The summed E-state index contributed by atoms with van der Waals surface area (Å²) in [5.41, 5.74) is 8.10. The summed E-state index contributed by atoms with van der Waals surface area (Å²) in [6.07, 6.45) is -2.14. The maximum atomic E-state index is 14.1. The zero-order chi connectivity index (χ0) is 40.8. The van der Waals surface area contributed by atoms with Crippen LogP contribution in [0.4, 0.5) is 9.59 Å². The van der Waals surface area contributed by atoms with E-state index in [0.717, 1.165) is 38.9 Å². The Labute approximate surface area is 343 Å². The first kappa shape index (κ1) is 39.6. The van der Waals surface area contributed by atoms with Gasteiger partial charge in [-0.3, -0.25) is 4.79 Å². The summed E-state index contributed by atoms with van der Waals surface area (Å²) in [6, 6.07) is 44.3. The lowest BCUT2D eigenvalue weighted by Crippen LogP contribution is -2.40. The van der Waals surface area contributed by atoms with Crippen molar-refractivity contribution >= 4 is 29.7 Å². The van der Waals surface area contributed by atoms with E-state index in [-0.39, 0.29) is 12.5 Å². The smallest absolute Gasteiger partial charge is 0.409 e. The van der Waals surface area contributed by atoms with E-state index in [9.17, 15) is 14.4 Å². The van der Waals surface area contributed by atoms with Crippen molar-refractivity contribution in [3.05, 3.63) is 167 Å². The highest BCUT2D eigenvalue weighted by Gasteiger charge is 2.29. The molecular formula is C48H44ClN3O6. The van der Waals surface area contributed by atoms with Gasteiger partial charge in [0.1, 0.15) is 17.1 Å². The van der Waals surface area contributed by atoms with Gasteiger partial charge in [-0.05, 0) is 109 Å². The molecule has 9 nitrogen and oxygen atoms in total. The largest absolute Gasteiger partial charge is 0.457 e. The molecule has 6 aromatic rings. The van der Waals surface area contributed by atoms with Gasteiger partial charge in [0.05, 0.1) is 0 Å². The Morgan fingerprint density at radius 3 is 2.07 bits per heavy atom. The maximum absolute atomic E-state index is 14.1. The summed E-state index contributed by atoms with van der Waals surface area (Å²) in [7, 11) is 0. The van der Waals surface area contributed by atoms with Crippen molar-refractivity contribution in [1.29, 1.82) is 0 Å². The molecule has 6 aromatic carbocycles. The molecule has 1 aliphatic rings. The molecule has 294 valence electrons. The van der Waals surface area contributed by atoms with Crippen LogP contribution in [0.25, 0.3) is 33.4 Å². The number of alkyl carbamates (subject to hydrolysis) is 2. The fourth-order valence-electron chi connectivity index (χ4n) is 7.07. The molecule has 1 aliphatic carbocycles. The van der Waals surface area contributed by atoms with Gasteiger partial charge in [0.25, 0.3) is 5.91 Å². The second-order valence-corrected chi connectivity index (χ2v) is 15.4. The zero-order valence-electron chi connectivity index (χ0n) is 32.7. The first-order valence-corrected chi connectivity index (χ1v) is 19.5. The standard InChI is InChI=1S/C48H44ClN3O6/c1-30(56-46(54)51-29-43-38-19-10-8-17-36(38)37-18-9-11-20-39(37)43)52-45(53)41-23-21-33(32-14-6-5-7-15-32)26-42(41)40-24-22-34(49)27-44(40)57-35-16-12-13-31(25-35)28-50-47(55)58-48(2,3)4/h5-27,30,43H,28-29H2,1-4H3,(H,50,55)(H,51,54)(H,52,53). The number of benzene rings is 6. The van der Waals surface area contributed by atoms with Crippen LogP contribution in [0.15, 0.2) is 140 Å². The summed E-state index contributed by atoms with van der Waals surface area (Å²) >= 11 is 6.53. The van der Waals surface area contributed by atoms with E-state index in [0.29, 0.717) is 39.8 Å². The van der Waals surface area contributed by atoms with Crippen molar-refractivity contribution in [3.63, 3.8) is 0 Å². The fraction of sp³-hybridized carbons (Fsp3) is 0.188. The van der Waals surface area contributed by atoms with Crippen LogP contribution in [-0.2, 0) is 16.0 Å². The first-order chi connectivity index (χ1) is 27.9. The van der Waals surface area contributed by atoms with Crippen LogP contribution in [0.1, 0.15) is 60.7 Å². The summed E-state index contributed by atoms with van der Waals surface area (Å²) in [4.78, 5) is 39.5. The average molecular weight is 794 g/mol.